The Bertz CT molecular complexity index is 776. The maximum Gasteiger partial charge on any atom is 0.198 e. The Hall–Kier alpha value is -1.84. The van der Waals surface area contributed by atoms with Crippen LogP contribution in [0.3, 0.4) is 0 Å². The van der Waals surface area contributed by atoms with Gasteiger partial charge < -0.3 is 13.9 Å². The predicted octanol–water partition coefficient (Wildman–Crippen LogP) is 2.34. The van der Waals surface area contributed by atoms with E-state index in [2.05, 4.69) is 25.0 Å². The van der Waals surface area contributed by atoms with Gasteiger partial charge in [0.25, 0.3) is 0 Å². The Morgan fingerprint density at radius 2 is 2.12 bits per heavy atom. The van der Waals surface area contributed by atoms with Crippen molar-refractivity contribution in [2.45, 2.75) is 16.8 Å². The van der Waals surface area contributed by atoms with Gasteiger partial charge in [-0.25, -0.2) is 4.98 Å². The van der Waals surface area contributed by atoms with E-state index in [9.17, 15) is 0 Å². The van der Waals surface area contributed by atoms with Gasteiger partial charge in [-0.3, -0.25) is 4.90 Å². The topological polar surface area (TPSA) is 63.2 Å². The van der Waals surface area contributed by atoms with Gasteiger partial charge in [0.05, 0.1) is 6.54 Å². The number of anilines is 1. The maximum absolute atomic E-state index is 5.93. The highest BCUT2D eigenvalue weighted by Crippen LogP contribution is 2.28. The third-order valence-corrected chi connectivity index (χ3v) is 5.75. The first-order valence-electron chi connectivity index (χ1n) is 7.75. The molecule has 4 heterocycles. The van der Waals surface area contributed by atoms with Crippen LogP contribution in [0, 0.1) is 0 Å². The van der Waals surface area contributed by atoms with Gasteiger partial charge in [-0.1, -0.05) is 0 Å². The predicted molar refractivity (Wildman–Crippen MR) is 93.4 cm³/mol. The monoisotopic (exact) mass is 362 g/mol. The number of aromatic nitrogens is 4. The Morgan fingerprint density at radius 1 is 1.25 bits per heavy atom. The molecule has 0 bridgehead atoms. The molecular weight excluding hydrogens is 344 g/mol. The minimum Gasteiger partial charge on any atom is -0.453 e. The SMILES string of the molecule is Cn1cnnc1Sc1ccc(CN2CCN(c3nccs3)CC2)o1. The third kappa shape index (κ3) is 3.47. The van der Waals surface area contributed by atoms with Crippen LogP contribution in [0.4, 0.5) is 5.13 Å². The van der Waals surface area contributed by atoms with Crippen molar-refractivity contribution in [1.29, 1.82) is 0 Å². The van der Waals surface area contributed by atoms with Crippen LogP contribution in [0.25, 0.3) is 0 Å². The first-order chi connectivity index (χ1) is 11.8. The number of nitrogens with zero attached hydrogens (tertiary/aromatic N) is 6. The van der Waals surface area contributed by atoms with Crippen molar-refractivity contribution < 1.29 is 4.42 Å². The van der Waals surface area contributed by atoms with Gasteiger partial charge in [0.2, 0.25) is 0 Å². The molecule has 1 aliphatic heterocycles. The van der Waals surface area contributed by atoms with Gasteiger partial charge in [0, 0.05) is 44.8 Å². The summed E-state index contributed by atoms with van der Waals surface area (Å²) >= 11 is 3.19. The summed E-state index contributed by atoms with van der Waals surface area (Å²) in [6.45, 7) is 4.90. The van der Waals surface area contributed by atoms with Crippen LogP contribution in [-0.2, 0) is 13.6 Å². The van der Waals surface area contributed by atoms with Crippen molar-refractivity contribution in [3.05, 3.63) is 35.8 Å². The number of thiazole rings is 1. The number of rotatable bonds is 5. The molecule has 7 nitrogen and oxygen atoms in total. The van der Waals surface area contributed by atoms with E-state index < -0.39 is 0 Å². The zero-order valence-corrected chi connectivity index (χ0v) is 15.0. The maximum atomic E-state index is 5.93. The largest absolute Gasteiger partial charge is 0.453 e. The molecule has 1 fully saturated rings. The zero-order chi connectivity index (χ0) is 16.4. The van der Waals surface area contributed by atoms with Crippen LogP contribution in [0.15, 0.2) is 44.7 Å². The van der Waals surface area contributed by atoms with Crippen LogP contribution < -0.4 is 4.90 Å². The molecule has 1 saturated heterocycles. The van der Waals surface area contributed by atoms with Gasteiger partial charge in [-0.05, 0) is 23.9 Å². The Kier molecular flexibility index (Phi) is 4.54. The van der Waals surface area contributed by atoms with E-state index in [-0.39, 0.29) is 0 Å². The summed E-state index contributed by atoms with van der Waals surface area (Å²) in [4.78, 5) is 9.15. The summed E-state index contributed by atoms with van der Waals surface area (Å²) in [7, 11) is 1.92. The fourth-order valence-electron chi connectivity index (χ4n) is 2.64. The average Bonchev–Trinajstić information content (AvgIpc) is 3.33. The van der Waals surface area contributed by atoms with E-state index in [1.54, 1.807) is 17.7 Å². The fraction of sp³-hybridized carbons (Fsp3) is 0.400. The molecule has 1 aliphatic rings. The fourth-order valence-corrected chi connectivity index (χ4v) is 4.08. The van der Waals surface area contributed by atoms with Crippen molar-refractivity contribution in [2.75, 3.05) is 31.1 Å². The van der Waals surface area contributed by atoms with E-state index in [1.165, 1.54) is 11.8 Å². The van der Waals surface area contributed by atoms with Crippen molar-refractivity contribution in [3.8, 4) is 0 Å². The molecule has 9 heteroatoms. The molecule has 3 aromatic heterocycles. The minimum absolute atomic E-state index is 0.827. The zero-order valence-electron chi connectivity index (χ0n) is 13.3. The molecule has 0 spiro atoms. The van der Waals surface area contributed by atoms with Gasteiger partial charge in [-0.15, -0.1) is 21.5 Å². The molecule has 0 aliphatic carbocycles. The standard InChI is InChI=1S/C15H18N6OS2/c1-19-11-17-18-15(19)24-13-3-2-12(22-13)10-20-5-7-21(8-6-20)14-16-4-9-23-14/h2-4,9,11H,5-8,10H2,1H3. The minimum atomic E-state index is 0.827. The van der Waals surface area contributed by atoms with Crippen LogP contribution in [0.5, 0.6) is 0 Å². The number of hydrogen-bond acceptors (Lipinski definition) is 8. The normalized spacial score (nSPS) is 16.0. The molecule has 126 valence electrons. The number of aryl methyl sites for hydroxylation is 1. The Morgan fingerprint density at radius 3 is 2.83 bits per heavy atom. The highest BCUT2D eigenvalue weighted by Gasteiger charge is 2.19. The van der Waals surface area contributed by atoms with Gasteiger partial charge >= 0.3 is 0 Å². The summed E-state index contributed by atoms with van der Waals surface area (Å²) in [6.07, 6.45) is 3.56. The molecule has 24 heavy (non-hydrogen) atoms. The van der Waals surface area contributed by atoms with Crippen LogP contribution in [0.2, 0.25) is 0 Å². The van der Waals surface area contributed by atoms with E-state index in [4.69, 9.17) is 4.42 Å². The lowest BCUT2D eigenvalue weighted by Gasteiger charge is -2.34. The molecule has 4 rings (SSSR count). The van der Waals surface area contributed by atoms with E-state index in [0.717, 1.165) is 53.9 Å². The molecule has 0 atom stereocenters. The first-order valence-corrected chi connectivity index (χ1v) is 9.45. The number of piperazine rings is 1. The second-order valence-electron chi connectivity index (χ2n) is 5.63. The summed E-state index contributed by atoms with van der Waals surface area (Å²) in [5.74, 6) is 0.988. The molecule has 0 radical (unpaired) electrons. The average molecular weight is 362 g/mol. The highest BCUT2D eigenvalue weighted by molar-refractivity contribution is 7.99. The summed E-state index contributed by atoms with van der Waals surface area (Å²) in [5.41, 5.74) is 0. The lowest BCUT2D eigenvalue weighted by molar-refractivity contribution is 0.225. The smallest absolute Gasteiger partial charge is 0.198 e. The third-order valence-electron chi connectivity index (χ3n) is 3.94. The lowest BCUT2D eigenvalue weighted by atomic mass is 10.3. The molecular formula is C15H18N6OS2. The Balaban J connectivity index is 1.31. The van der Waals surface area contributed by atoms with E-state index in [1.807, 2.05) is 35.3 Å². The van der Waals surface area contributed by atoms with Gasteiger partial charge in [0.1, 0.15) is 12.1 Å². The van der Waals surface area contributed by atoms with Crippen molar-refractivity contribution in [1.82, 2.24) is 24.6 Å². The second-order valence-corrected chi connectivity index (χ2v) is 7.47. The molecule has 0 aromatic carbocycles. The lowest BCUT2D eigenvalue weighted by Crippen LogP contribution is -2.45. The van der Waals surface area contributed by atoms with Crippen LogP contribution in [-0.4, -0.2) is 50.8 Å². The molecule has 0 amide bonds. The van der Waals surface area contributed by atoms with Gasteiger partial charge in [0.15, 0.2) is 15.4 Å². The van der Waals surface area contributed by atoms with Crippen molar-refractivity contribution in [3.63, 3.8) is 0 Å². The Labute approximate surface area is 148 Å². The van der Waals surface area contributed by atoms with Crippen molar-refractivity contribution >= 4 is 28.2 Å². The van der Waals surface area contributed by atoms with Crippen LogP contribution in [0.1, 0.15) is 5.76 Å². The molecule has 0 unspecified atom stereocenters. The van der Waals surface area contributed by atoms with Gasteiger partial charge in [-0.2, -0.15) is 0 Å². The summed E-state index contributed by atoms with van der Waals surface area (Å²) < 4.78 is 7.81. The molecule has 0 N–H and O–H groups in total. The molecule has 0 saturated carbocycles. The number of hydrogen-bond donors (Lipinski definition) is 0. The van der Waals surface area contributed by atoms with E-state index in [0.29, 0.717) is 0 Å². The molecule has 3 aromatic rings. The first kappa shape index (κ1) is 15.7. The van der Waals surface area contributed by atoms with E-state index >= 15 is 0 Å². The highest BCUT2D eigenvalue weighted by atomic mass is 32.2. The number of furan rings is 1. The second kappa shape index (κ2) is 6.96. The quantitative estimate of drug-likeness (QED) is 0.690. The van der Waals surface area contributed by atoms with Crippen molar-refractivity contribution in [2.24, 2.45) is 7.05 Å². The van der Waals surface area contributed by atoms with Crippen LogP contribution >= 0.6 is 23.1 Å². The summed E-state index contributed by atoms with van der Waals surface area (Å²) in [5, 5.41) is 12.8. The summed E-state index contributed by atoms with van der Waals surface area (Å²) in [6, 6.07) is 4.05.